The van der Waals surface area contributed by atoms with E-state index in [0.717, 1.165) is 29.4 Å². The number of nitrogens with zero attached hydrogens (tertiary/aromatic N) is 1. The van der Waals surface area contributed by atoms with Crippen LogP contribution in [0.3, 0.4) is 0 Å². The van der Waals surface area contributed by atoms with Gasteiger partial charge in [0.1, 0.15) is 0 Å². The van der Waals surface area contributed by atoms with Crippen LogP contribution in [-0.4, -0.2) is 36.0 Å². The number of aliphatic hydroxyl groups excluding tert-OH is 1. The Bertz CT molecular complexity index is 715. The molecule has 4 atom stereocenters. The second-order valence-electron chi connectivity index (χ2n) is 7.78. The number of methoxy groups -OCH3 is 1. The number of hydrogen-bond donors (Lipinski definition) is 1. The molecule has 4 nitrogen and oxygen atoms in total. The minimum absolute atomic E-state index is 0.00647. The summed E-state index contributed by atoms with van der Waals surface area (Å²) in [5.74, 6) is -0.0170. The van der Waals surface area contributed by atoms with Crippen LogP contribution in [0, 0.1) is 11.3 Å². The van der Waals surface area contributed by atoms with Crippen molar-refractivity contribution in [2.45, 2.75) is 51.9 Å². The molecule has 0 saturated heterocycles. The van der Waals surface area contributed by atoms with Gasteiger partial charge in [0.25, 0.3) is 0 Å². The van der Waals surface area contributed by atoms with Crippen molar-refractivity contribution >= 4 is 10.9 Å². The van der Waals surface area contributed by atoms with Gasteiger partial charge < -0.3 is 14.6 Å². The first-order chi connectivity index (χ1) is 12.0. The van der Waals surface area contributed by atoms with Crippen molar-refractivity contribution in [2.75, 3.05) is 13.7 Å². The molecule has 1 aromatic heterocycles. The van der Waals surface area contributed by atoms with Crippen molar-refractivity contribution in [3.63, 3.8) is 0 Å². The van der Waals surface area contributed by atoms with Crippen molar-refractivity contribution < 1.29 is 14.6 Å². The molecule has 0 amide bonds. The third-order valence-electron chi connectivity index (χ3n) is 5.59. The molecular formula is C21H29NO3. The molecule has 1 N–H and O–H groups in total. The van der Waals surface area contributed by atoms with E-state index in [4.69, 9.17) is 14.5 Å². The van der Waals surface area contributed by atoms with Gasteiger partial charge in [0, 0.05) is 18.4 Å². The van der Waals surface area contributed by atoms with Crippen LogP contribution in [0.15, 0.2) is 36.4 Å². The summed E-state index contributed by atoms with van der Waals surface area (Å²) in [5, 5.41) is 11.1. The van der Waals surface area contributed by atoms with Crippen LogP contribution in [0.1, 0.15) is 45.4 Å². The highest BCUT2D eigenvalue weighted by Gasteiger charge is 2.45. The number of hydrogen-bond acceptors (Lipinski definition) is 4. The van der Waals surface area contributed by atoms with Gasteiger partial charge in [-0.05, 0) is 37.3 Å². The lowest BCUT2D eigenvalue weighted by atomic mass is 9.68. The molecule has 1 aromatic carbocycles. The SMILES string of the molecule is COC1C(CO)C(OC(C)c2ccc3ccccc3n2)CCC1(C)C. The van der Waals surface area contributed by atoms with Gasteiger partial charge in [-0.15, -0.1) is 0 Å². The summed E-state index contributed by atoms with van der Waals surface area (Å²) in [6, 6.07) is 12.2. The van der Waals surface area contributed by atoms with E-state index in [0.29, 0.717) is 0 Å². The van der Waals surface area contributed by atoms with E-state index in [1.165, 1.54) is 0 Å². The number of aliphatic hydroxyl groups is 1. The lowest BCUT2D eigenvalue weighted by Gasteiger charge is -2.46. The Morgan fingerprint density at radius 3 is 2.72 bits per heavy atom. The number of ether oxygens (including phenoxy) is 2. The van der Waals surface area contributed by atoms with Crippen molar-refractivity contribution in [1.29, 1.82) is 0 Å². The zero-order valence-corrected chi connectivity index (χ0v) is 15.6. The quantitative estimate of drug-likeness (QED) is 0.887. The Hall–Kier alpha value is -1.49. The molecular weight excluding hydrogens is 314 g/mol. The highest BCUT2D eigenvalue weighted by atomic mass is 16.5. The first kappa shape index (κ1) is 18.3. The molecule has 1 heterocycles. The summed E-state index contributed by atoms with van der Waals surface area (Å²) >= 11 is 0. The molecule has 0 bridgehead atoms. The van der Waals surface area contributed by atoms with Crippen LogP contribution in [0.2, 0.25) is 0 Å². The average molecular weight is 343 g/mol. The van der Waals surface area contributed by atoms with Gasteiger partial charge in [-0.2, -0.15) is 0 Å². The fraction of sp³-hybridized carbons (Fsp3) is 0.571. The summed E-state index contributed by atoms with van der Waals surface area (Å²) < 4.78 is 12.1. The monoisotopic (exact) mass is 343 g/mol. The summed E-state index contributed by atoms with van der Waals surface area (Å²) in [7, 11) is 1.73. The lowest BCUT2D eigenvalue weighted by molar-refractivity contribution is -0.157. The van der Waals surface area contributed by atoms with Crippen LogP contribution in [0.5, 0.6) is 0 Å². The van der Waals surface area contributed by atoms with E-state index in [2.05, 4.69) is 26.0 Å². The van der Waals surface area contributed by atoms with E-state index in [1.807, 2.05) is 31.2 Å². The molecule has 3 rings (SSSR count). The molecule has 25 heavy (non-hydrogen) atoms. The van der Waals surface area contributed by atoms with Gasteiger partial charge in [0.15, 0.2) is 0 Å². The Morgan fingerprint density at radius 2 is 2.00 bits per heavy atom. The second-order valence-corrected chi connectivity index (χ2v) is 7.78. The Balaban J connectivity index is 1.77. The maximum atomic E-state index is 9.94. The first-order valence-corrected chi connectivity index (χ1v) is 9.11. The van der Waals surface area contributed by atoms with Gasteiger partial charge in [0.05, 0.1) is 36.1 Å². The molecule has 0 radical (unpaired) electrons. The minimum atomic E-state index is -0.123. The number of fused-ring (bicyclic) bond motifs is 1. The number of pyridine rings is 1. The standard InChI is InChI=1S/C21H29NO3/c1-14(17-10-9-15-7-5-6-8-18(15)22-17)25-19-11-12-21(2,3)20(24-4)16(19)13-23/h5-10,14,16,19-20,23H,11-13H2,1-4H3. The largest absolute Gasteiger partial charge is 0.396 e. The van der Waals surface area contributed by atoms with Gasteiger partial charge in [0.2, 0.25) is 0 Å². The van der Waals surface area contributed by atoms with Gasteiger partial charge in [-0.1, -0.05) is 38.1 Å². The van der Waals surface area contributed by atoms with Crippen molar-refractivity contribution in [2.24, 2.45) is 11.3 Å². The Kier molecular flexibility index (Phi) is 5.42. The zero-order chi connectivity index (χ0) is 18.0. The third-order valence-corrected chi connectivity index (χ3v) is 5.59. The molecule has 4 heteroatoms. The summed E-state index contributed by atoms with van der Waals surface area (Å²) in [6.07, 6.45) is 1.79. The molecule has 0 aliphatic heterocycles. The second kappa shape index (κ2) is 7.40. The van der Waals surface area contributed by atoms with Crippen molar-refractivity contribution in [3.8, 4) is 0 Å². The number of para-hydroxylation sites is 1. The zero-order valence-electron chi connectivity index (χ0n) is 15.6. The van der Waals surface area contributed by atoms with E-state index in [1.54, 1.807) is 7.11 Å². The van der Waals surface area contributed by atoms with Crippen LogP contribution < -0.4 is 0 Å². The molecule has 1 aliphatic rings. The van der Waals surface area contributed by atoms with E-state index < -0.39 is 0 Å². The van der Waals surface area contributed by atoms with Crippen molar-refractivity contribution in [1.82, 2.24) is 4.98 Å². The van der Waals surface area contributed by atoms with E-state index >= 15 is 0 Å². The predicted octanol–water partition coefficient (Wildman–Crippen LogP) is 4.12. The number of benzene rings is 1. The van der Waals surface area contributed by atoms with Crippen LogP contribution in [0.25, 0.3) is 10.9 Å². The maximum Gasteiger partial charge on any atom is 0.0970 e. The molecule has 1 saturated carbocycles. The van der Waals surface area contributed by atoms with Crippen LogP contribution >= 0.6 is 0 Å². The predicted molar refractivity (Wildman–Crippen MR) is 99.4 cm³/mol. The average Bonchev–Trinajstić information content (AvgIpc) is 2.62. The molecule has 136 valence electrons. The molecule has 1 aliphatic carbocycles. The van der Waals surface area contributed by atoms with Gasteiger partial charge in [-0.3, -0.25) is 4.98 Å². The summed E-state index contributed by atoms with van der Waals surface area (Å²) in [4.78, 5) is 4.74. The minimum Gasteiger partial charge on any atom is -0.396 e. The Labute approximate surface area is 150 Å². The van der Waals surface area contributed by atoms with Gasteiger partial charge >= 0.3 is 0 Å². The van der Waals surface area contributed by atoms with Gasteiger partial charge in [-0.25, -0.2) is 0 Å². The van der Waals surface area contributed by atoms with E-state index in [9.17, 15) is 5.11 Å². The fourth-order valence-corrected chi connectivity index (χ4v) is 4.16. The number of aromatic nitrogens is 1. The van der Waals surface area contributed by atoms with Crippen LogP contribution in [0.4, 0.5) is 0 Å². The normalized spacial score (nSPS) is 27.3. The smallest absolute Gasteiger partial charge is 0.0970 e. The topological polar surface area (TPSA) is 51.6 Å². The number of rotatable bonds is 5. The summed E-state index contributed by atoms with van der Waals surface area (Å²) in [6.45, 7) is 6.51. The van der Waals surface area contributed by atoms with Crippen molar-refractivity contribution in [3.05, 3.63) is 42.1 Å². The first-order valence-electron chi connectivity index (χ1n) is 9.11. The highest BCUT2D eigenvalue weighted by Crippen LogP contribution is 2.43. The third kappa shape index (κ3) is 3.71. The highest BCUT2D eigenvalue weighted by molar-refractivity contribution is 5.78. The van der Waals surface area contributed by atoms with Crippen LogP contribution in [-0.2, 0) is 9.47 Å². The fourth-order valence-electron chi connectivity index (χ4n) is 4.16. The summed E-state index contributed by atoms with van der Waals surface area (Å²) in [5.41, 5.74) is 1.95. The molecule has 1 fully saturated rings. The molecule has 0 spiro atoms. The Morgan fingerprint density at radius 1 is 1.24 bits per heavy atom. The molecule has 4 unspecified atom stereocenters. The maximum absolute atomic E-state index is 9.94. The molecule has 2 aromatic rings. The lowest BCUT2D eigenvalue weighted by Crippen LogP contribution is -2.50. The van der Waals surface area contributed by atoms with E-state index in [-0.39, 0.29) is 36.3 Å².